The van der Waals surface area contributed by atoms with Crippen molar-refractivity contribution in [2.75, 3.05) is 24.2 Å². The van der Waals surface area contributed by atoms with Gasteiger partial charge in [-0.1, -0.05) is 0 Å². The van der Waals surface area contributed by atoms with Gasteiger partial charge in [0.1, 0.15) is 11.4 Å². The van der Waals surface area contributed by atoms with E-state index < -0.39 is 20.9 Å². The van der Waals surface area contributed by atoms with Gasteiger partial charge in [0.05, 0.1) is 18.3 Å². The van der Waals surface area contributed by atoms with Crippen molar-refractivity contribution in [1.29, 1.82) is 0 Å². The van der Waals surface area contributed by atoms with Crippen LogP contribution in [0.4, 0.5) is 11.4 Å². The second kappa shape index (κ2) is 7.07. The largest absolute Gasteiger partial charge is 0.495 e. The first-order valence-electron chi connectivity index (χ1n) is 6.18. The molecular weight excluding hydrogens is 316 g/mol. The molecule has 1 N–H and O–H groups in total. The number of non-ortho nitro benzene ring substituents is 1. The maximum absolute atomic E-state index is 11.9. The number of methoxy groups -OCH3 is 1. The average molecular weight is 332 g/mol. The van der Waals surface area contributed by atoms with Crippen LogP contribution in [-0.2, 0) is 14.8 Å². The number of rotatable bonds is 8. The van der Waals surface area contributed by atoms with Gasteiger partial charge in [-0.2, -0.15) is 0 Å². The van der Waals surface area contributed by atoms with E-state index in [-0.39, 0.29) is 36.5 Å². The SMILES string of the molecule is COc1ccc([N+](=O)[O-])cc1N(CCCC(=O)O)S(C)(=O)=O. The number of aliphatic carboxylic acids is 1. The molecule has 0 atom stereocenters. The zero-order chi connectivity index (χ0) is 16.9. The van der Waals surface area contributed by atoms with Gasteiger partial charge in [-0.15, -0.1) is 0 Å². The van der Waals surface area contributed by atoms with Crippen LogP contribution in [0, 0.1) is 10.1 Å². The molecule has 0 heterocycles. The number of hydrogen-bond donors (Lipinski definition) is 1. The van der Waals surface area contributed by atoms with E-state index in [0.29, 0.717) is 0 Å². The lowest BCUT2D eigenvalue weighted by atomic mass is 10.2. The molecule has 0 aromatic heterocycles. The topological polar surface area (TPSA) is 127 Å². The molecule has 1 aromatic rings. The fourth-order valence-electron chi connectivity index (χ4n) is 1.83. The number of carboxylic acid groups (broad SMARTS) is 1. The first kappa shape index (κ1) is 17.7. The highest BCUT2D eigenvalue weighted by Crippen LogP contribution is 2.33. The number of anilines is 1. The van der Waals surface area contributed by atoms with Crippen molar-refractivity contribution >= 4 is 27.4 Å². The van der Waals surface area contributed by atoms with Crippen molar-refractivity contribution in [2.24, 2.45) is 0 Å². The summed E-state index contributed by atoms with van der Waals surface area (Å²) in [5.41, 5.74) is -0.285. The highest BCUT2D eigenvalue weighted by molar-refractivity contribution is 7.92. The number of carboxylic acids is 1. The number of sulfonamides is 1. The van der Waals surface area contributed by atoms with Gasteiger partial charge < -0.3 is 9.84 Å². The third kappa shape index (κ3) is 4.58. The van der Waals surface area contributed by atoms with E-state index in [2.05, 4.69) is 0 Å². The number of nitro groups is 1. The summed E-state index contributed by atoms with van der Waals surface area (Å²) in [5.74, 6) is -0.911. The maximum Gasteiger partial charge on any atom is 0.303 e. The number of carbonyl (C=O) groups is 1. The molecule has 122 valence electrons. The van der Waals surface area contributed by atoms with Gasteiger partial charge >= 0.3 is 5.97 Å². The zero-order valence-electron chi connectivity index (χ0n) is 12.1. The minimum atomic E-state index is -3.75. The van der Waals surface area contributed by atoms with Gasteiger partial charge in [0, 0.05) is 25.1 Å². The Morgan fingerprint density at radius 1 is 1.45 bits per heavy atom. The highest BCUT2D eigenvalue weighted by atomic mass is 32.2. The molecule has 0 aliphatic rings. The van der Waals surface area contributed by atoms with Crippen LogP contribution in [0.15, 0.2) is 18.2 Å². The summed E-state index contributed by atoms with van der Waals surface area (Å²) in [5, 5.41) is 19.5. The summed E-state index contributed by atoms with van der Waals surface area (Å²) in [6, 6.07) is 3.57. The van der Waals surface area contributed by atoms with Crippen LogP contribution in [-0.4, -0.2) is 44.3 Å². The predicted octanol–water partition coefficient (Wildman–Crippen LogP) is 1.23. The molecule has 0 radical (unpaired) electrons. The molecule has 22 heavy (non-hydrogen) atoms. The van der Waals surface area contributed by atoms with Gasteiger partial charge in [-0.3, -0.25) is 19.2 Å². The van der Waals surface area contributed by atoms with Crippen molar-refractivity contribution in [2.45, 2.75) is 12.8 Å². The quantitative estimate of drug-likeness (QED) is 0.560. The molecule has 0 bridgehead atoms. The Bertz CT molecular complexity index is 672. The summed E-state index contributed by atoms with van der Waals surface area (Å²) < 4.78 is 29.8. The molecule has 0 saturated heterocycles. The van der Waals surface area contributed by atoms with E-state index in [0.717, 1.165) is 16.6 Å². The minimum Gasteiger partial charge on any atom is -0.495 e. The maximum atomic E-state index is 11.9. The zero-order valence-corrected chi connectivity index (χ0v) is 12.9. The third-order valence-corrected chi connectivity index (χ3v) is 3.97. The fourth-order valence-corrected chi connectivity index (χ4v) is 2.79. The fraction of sp³-hybridized carbons (Fsp3) is 0.417. The number of nitro benzene ring substituents is 1. The molecule has 0 aliphatic carbocycles. The molecule has 0 unspecified atom stereocenters. The van der Waals surface area contributed by atoms with Gasteiger partial charge in [0.15, 0.2) is 0 Å². The van der Waals surface area contributed by atoms with Crippen molar-refractivity contribution < 1.29 is 28.0 Å². The van der Waals surface area contributed by atoms with Crippen molar-refractivity contribution in [1.82, 2.24) is 0 Å². The van der Waals surface area contributed by atoms with Crippen LogP contribution in [0.1, 0.15) is 12.8 Å². The molecule has 0 aliphatic heterocycles. The summed E-state index contributed by atoms with van der Waals surface area (Å²) >= 11 is 0. The van der Waals surface area contributed by atoms with E-state index in [1.54, 1.807) is 0 Å². The normalized spacial score (nSPS) is 11.0. The van der Waals surface area contributed by atoms with E-state index >= 15 is 0 Å². The van der Waals surface area contributed by atoms with E-state index in [9.17, 15) is 23.3 Å². The van der Waals surface area contributed by atoms with Gasteiger partial charge in [-0.05, 0) is 12.5 Å². The lowest BCUT2D eigenvalue weighted by Gasteiger charge is -2.23. The Morgan fingerprint density at radius 2 is 2.09 bits per heavy atom. The first-order chi connectivity index (χ1) is 10.2. The summed E-state index contributed by atoms with van der Waals surface area (Å²) in [6.07, 6.45) is 0.781. The van der Waals surface area contributed by atoms with Crippen molar-refractivity contribution in [3.8, 4) is 5.75 Å². The van der Waals surface area contributed by atoms with Crippen LogP contribution < -0.4 is 9.04 Å². The van der Waals surface area contributed by atoms with Crippen LogP contribution in [0.3, 0.4) is 0 Å². The number of hydrogen-bond acceptors (Lipinski definition) is 6. The Hall–Kier alpha value is -2.36. The second-order valence-corrected chi connectivity index (χ2v) is 6.35. The molecule has 0 saturated carbocycles. The van der Waals surface area contributed by atoms with Gasteiger partial charge in [0.2, 0.25) is 10.0 Å². The standard InChI is InChI=1S/C12H16N2O7S/c1-21-11-6-5-9(14(17)18)8-10(11)13(22(2,19)20)7-3-4-12(15)16/h5-6,8H,3-4,7H2,1-2H3,(H,15,16). The van der Waals surface area contributed by atoms with Gasteiger partial charge in [-0.25, -0.2) is 8.42 Å². The van der Waals surface area contributed by atoms with Gasteiger partial charge in [0.25, 0.3) is 5.69 Å². The summed E-state index contributed by atoms with van der Waals surface area (Å²) in [4.78, 5) is 20.7. The molecule has 0 amide bonds. The lowest BCUT2D eigenvalue weighted by Crippen LogP contribution is -2.31. The highest BCUT2D eigenvalue weighted by Gasteiger charge is 2.23. The van der Waals surface area contributed by atoms with E-state index in [1.165, 1.54) is 19.2 Å². The molecule has 1 rings (SSSR count). The molecule has 0 spiro atoms. The van der Waals surface area contributed by atoms with Crippen LogP contribution >= 0.6 is 0 Å². The molecule has 0 fully saturated rings. The number of nitrogens with zero attached hydrogens (tertiary/aromatic N) is 2. The van der Waals surface area contributed by atoms with Crippen LogP contribution in [0.2, 0.25) is 0 Å². The van der Waals surface area contributed by atoms with Crippen molar-refractivity contribution in [3.63, 3.8) is 0 Å². The van der Waals surface area contributed by atoms with Crippen molar-refractivity contribution in [3.05, 3.63) is 28.3 Å². The Kier molecular flexibility index (Phi) is 5.69. The average Bonchev–Trinajstić information content (AvgIpc) is 2.41. The van der Waals surface area contributed by atoms with Crippen LogP contribution in [0.25, 0.3) is 0 Å². The Morgan fingerprint density at radius 3 is 2.55 bits per heavy atom. The summed E-state index contributed by atoms with van der Waals surface area (Å²) in [7, 11) is -2.45. The first-order valence-corrected chi connectivity index (χ1v) is 8.03. The minimum absolute atomic E-state index is 0.00425. The van der Waals surface area contributed by atoms with E-state index in [4.69, 9.17) is 9.84 Å². The third-order valence-electron chi connectivity index (χ3n) is 2.79. The number of benzene rings is 1. The Labute approximate surface area is 127 Å². The van der Waals surface area contributed by atoms with E-state index in [1.807, 2.05) is 0 Å². The van der Waals surface area contributed by atoms with Crippen LogP contribution in [0.5, 0.6) is 5.75 Å². The molecule has 1 aromatic carbocycles. The molecular formula is C12H16N2O7S. The molecule has 9 nitrogen and oxygen atoms in total. The number of ether oxygens (including phenoxy) is 1. The smallest absolute Gasteiger partial charge is 0.303 e. The lowest BCUT2D eigenvalue weighted by molar-refractivity contribution is -0.384. The monoisotopic (exact) mass is 332 g/mol. The Balaban J connectivity index is 3.25. The molecule has 10 heteroatoms. The predicted molar refractivity (Wildman–Crippen MR) is 78.7 cm³/mol. The summed E-state index contributed by atoms with van der Waals surface area (Å²) in [6.45, 7) is -0.122. The second-order valence-electron chi connectivity index (χ2n) is 4.45.